The summed E-state index contributed by atoms with van der Waals surface area (Å²) in [7, 11) is 2.90. The van der Waals surface area contributed by atoms with Gasteiger partial charge in [0.25, 0.3) is 5.56 Å². The minimum atomic E-state index is -0.643. The first-order valence-corrected chi connectivity index (χ1v) is 10.00. The molecule has 0 spiro atoms. The van der Waals surface area contributed by atoms with E-state index in [0.717, 1.165) is 11.1 Å². The van der Waals surface area contributed by atoms with Gasteiger partial charge in [0.1, 0.15) is 5.75 Å². The normalized spacial score (nSPS) is 16.1. The van der Waals surface area contributed by atoms with Gasteiger partial charge in [-0.05, 0) is 42.3 Å². The van der Waals surface area contributed by atoms with Crippen molar-refractivity contribution in [3.63, 3.8) is 0 Å². The van der Waals surface area contributed by atoms with Crippen molar-refractivity contribution >= 4 is 23.4 Å². The van der Waals surface area contributed by atoms with Crippen molar-refractivity contribution in [2.45, 2.75) is 13.0 Å². The predicted octanol–water partition coefficient (Wildman–Crippen LogP) is 1.81. The van der Waals surface area contributed by atoms with Crippen LogP contribution in [0.2, 0.25) is 0 Å². The molecule has 0 saturated heterocycles. The Labute approximate surface area is 176 Å². The number of hydrogen-bond acceptors (Lipinski definition) is 7. The Balaban J connectivity index is 1.96. The van der Waals surface area contributed by atoms with Crippen LogP contribution in [0.4, 0.5) is 0 Å². The van der Waals surface area contributed by atoms with Gasteiger partial charge < -0.3 is 9.47 Å². The number of carbonyl (C=O) groups is 1. The average Bonchev–Trinajstić information content (AvgIpc) is 3.07. The molecule has 8 heteroatoms. The minimum absolute atomic E-state index is 0.225. The van der Waals surface area contributed by atoms with E-state index in [2.05, 4.69) is 9.98 Å². The number of benzene rings is 1. The Bertz CT molecular complexity index is 1310. The molecule has 2 aromatic heterocycles. The standard InChI is InChI=1S/C22H19N3O4S/c1-13-18(21(27)29-3)19(15-6-8-16(28-2)9-7-15)25-20(26)17(30-22(25)24-13)11-14-5-4-10-23-12-14/h4-12,19H,1-3H3/b17-11-. The van der Waals surface area contributed by atoms with Gasteiger partial charge in [0, 0.05) is 12.4 Å². The van der Waals surface area contributed by atoms with E-state index in [-0.39, 0.29) is 5.56 Å². The van der Waals surface area contributed by atoms with E-state index in [9.17, 15) is 9.59 Å². The molecule has 0 radical (unpaired) electrons. The Morgan fingerprint density at radius 3 is 2.60 bits per heavy atom. The van der Waals surface area contributed by atoms with Crippen LogP contribution in [0.15, 0.2) is 69.8 Å². The van der Waals surface area contributed by atoms with Crippen LogP contribution < -0.4 is 19.6 Å². The van der Waals surface area contributed by atoms with Crippen LogP contribution in [0.25, 0.3) is 6.08 Å². The zero-order chi connectivity index (χ0) is 21.3. The Hall–Kier alpha value is -3.52. The molecular weight excluding hydrogens is 402 g/mol. The molecule has 152 valence electrons. The average molecular weight is 421 g/mol. The molecule has 1 atom stereocenters. The Morgan fingerprint density at radius 2 is 1.97 bits per heavy atom. The number of allylic oxidation sites excluding steroid dienone is 1. The SMILES string of the molecule is COC(=O)C1=C(C)N=c2s/c(=C\c3cccnc3)c(=O)n2C1c1ccc(OC)cc1. The molecule has 3 aromatic rings. The van der Waals surface area contributed by atoms with Crippen LogP contribution in [0.1, 0.15) is 24.1 Å². The van der Waals surface area contributed by atoms with Crippen LogP contribution in [-0.2, 0) is 9.53 Å². The third-order valence-corrected chi connectivity index (χ3v) is 5.82. The maximum Gasteiger partial charge on any atom is 0.338 e. The molecule has 0 bridgehead atoms. The summed E-state index contributed by atoms with van der Waals surface area (Å²) >= 11 is 1.28. The molecular formula is C22H19N3O4S. The molecule has 7 nitrogen and oxygen atoms in total. The summed E-state index contributed by atoms with van der Waals surface area (Å²) in [6.45, 7) is 1.75. The molecule has 4 rings (SSSR count). The van der Waals surface area contributed by atoms with Crippen LogP contribution in [0.5, 0.6) is 5.75 Å². The zero-order valence-electron chi connectivity index (χ0n) is 16.7. The fourth-order valence-electron chi connectivity index (χ4n) is 3.41. The summed E-state index contributed by atoms with van der Waals surface area (Å²) in [6, 6.07) is 10.3. The second kappa shape index (κ2) is 8.08. The second-order valence-corrected chi connectivity index (χ2v) is 7.64. The second-order valence-electron chi connectivity index (χ2n) is 6.63. The summed E-state index contributed by atoms with van der Waals surface area (Å²) in [4.78, 5) is 35.1. The maximum absolute atomic E-state index is 13.4. The van der Waals surface area contributed by atoms with Gasteiger partial charge in [0.15, 0.2) is 4.80 Å². The van der Waals surface area contributed by atoms with Crippen LogP contribution >= 0.6 is 11.3 Å². The largest absolute Gasteiger partial charge is 0.497 e. The minimum Gasteiger partial charge on any atom is -0.497 e. The third kappa shape index (κ3) is 3.46. The first-order chi connectivity index (χ1) is 14.5. The molecule has 3 heterocycles. The van der Waals surface area contributed by atoms with Gasteiger partial charge in [-0.3, -0.25) is 14.3 Å². The van der Waals surface area contributed by atoms with Crippen molar-refractivity contribution in [1.82, 2.24) is 9.55 Å². The zero-order valence-corrected chi connectivity index (χ0v) is 17.5. The van der Waals surface area contributed by atoms with E-state index in [1.54, 1.807) is 49.2 Å². The number of thiazole rings is 1. The molecule has 0 amide bonds. The van der Waals surface area contributed by atoms with E-state index in [1.807, 2.05) is 24.3 Å². The number of methoxy groups -OCH3 is 2. The van der Waals surface area contributed by atoms with Gasteiger partial charge in [0.05, 0.1) is 36.1 Å². The smallest absolute Gasteiger partial charge is 0.338 e. The molecule has 1 aliphatic heterocycles. The molecule has 0 aliphatic carbocycles. The fourth-order valence-corrected chi connectivity index (χ4v) is 4.45. The highest BCUT2D eigenvalue weighted by Gasteiger charge is 2.33. The number of esters is 1. The highest BCUT2D eigenvalue weighted by Crippen LogP contribution is 2.31. The van der Waals surface area contributed by atoms with Crippen molar-refractivity contribution in [2.75, 3.05) is 14.2 Å². The van der Waals surface area contributed by atoms with E-state index in [0.29, 0.717) is 26.4 Å². The molecule has 1 aliphatic rings. The van der Waals surface area contributed by atoms with Crippen LogP contribution in [0.3, 0.4) is 0 Å². The van der Waals surface area contributed by atoms with Gasteiger partial charge in [-0.15, -0.1) is 0 Å². The molecule has 0 N–H and O–H groups in total. The van der Waals surface area contributed by atoms with Gasteiger partial charge in [-0.2, -0.15) is 0 Å². The quantitative estimate of drug-likeness (QED) is 0.600. The summed E-state index contributed by atoms with van der Waals surface area (Å²) < 4.78 is 12.3. The highest BCUT2D eigenvalue weighted by atomic mass is 32.1. The summed E-state index contributed by atoms with van der Waals surface area (Å²) in [5.41, 5.74) is 2.21. The van der Waals surface area contributed by atoms with Crippen molar-refractivity contribution < 1.29 is 14.3 Å². The number of fused-ring (bicyclic) bond motifs is 1. The fraction of sp³-hybridized carbons (Fsp3) is 0.182. The number of pyridine rings is 1. The van der Waals surface area contributed by atoms with E-state index < -0.39 is 12.0 Å². The number of ether oxygens (including phenoxy) is 2. The van der Waals surface area contributed by atoms with E-state index in [4.69, 9.17) is 9.47 Å². The predicted molar refractivity (Wildman–Crippen MR) is 113 cm³/mol. The molecule has 1 unspecified atom stereocenters. The Kier molecular flexibility index (Phi) is 5.33. The molecule has 1 aromatic carbocycles. The van der Waals surface area contributed by atoms with Crippen LogP contribution in [0, 0.1) is 0 Å². The molecule has 0 saturated carbocycles. The maximum atomic E-state index is 13.4. The number of rotatable bonds is 4. The third-order valence-electron chi connectivity index (χ3n) is 4.84. The number of carbonyl (C=O) groups excluding carboxylic acids is 1. The molecule has 0 fully saturated rings. The van der Waals surface area contributed by atoms with Gasteiger partial charge in [-0.1, -0.05) is 29.5 Å². The summed E-state index contributed by atoms with van der Waals surface area (Å²) in [6.07, 6.45) is 5.14. The summed E-state index contributed by atoms with van der Waals surface area (Å²) in [5, 5.41) is 0. The number of aromatic nitrogens is 2. The monoisotopic (exact) mass is 421 g/mol. The number of hydrogen-bond donors (Lipinski definition) is 0. The first kappa shape index (κ1) is 19.8. The summed E-state index contributed by atoms with van der Waals surface area (Å²) in [5.74, 6) is 0.168. The van der Waals surface area contributed by atoms with Crippen LogP contribution in [-0.4, -0.2) is 29.7 Å². The lowest BCUT2D eigenvalue weighted by Gasteiger charge is -2.24. The Morgan fingerprint density at radius 1 is 1.20 bits per heavy atom. The van der Waals surface area contributed by atoms with E-state index >= 15 is 0 Å². The topological polar surface area (TPSA) is 82.8 Å². The lowest BCUT2D eigenvalue weighted by molar-refractivity contribution is -0.136. The van der Waals surface area contributed by atoms with Crippen molar-refractivity contribution in [2.24, 2.45) is 4.99 Å². The van der Waals surface area contributed by atoms with E-state index in [1.165, 1.54) is 18.4 Å². The van der Waals surface area contributed by atoms with Gasteiger partial charge >= 0.3 is 5.97 Å². The van der Waals surface area contributed by atoms with Crippen molar-refractivity contribution in [3.05, 3.63) is 90.9 Å². The molecule has 30 heavy (non-hydrogen) atoms. The first-order valence-electron chi connectivity index (χ1n) is 9.18. The highest BCUT2D eigenvalue weighted by molar-refractivity contribution is 7.07. The lowest BCUT2D eigenvalue weighted by Crippen LogP contribution is -2.39. The van der Waals surface area contributed by atoms with Gasteiger partial charge in [-0.25, -0.2) is 9.79 Å². The van der Waals surface area contributed by atoms with Crippen molar-refractivity contribution in [3.8, 4) is 5.75 Å². The van der Waals surface area contributed by atoms with Crippen molar-refractivity contribution in [1.29, 1.82) is 0 Å². The van der Waals surface area contributed by atoms with Gasteiger partial charge in [0.2, 0.25) is 0 Å². The number of nitrogens with zero attached hydrogens (tertiary/aromatic N) is 3. The lowest BCUT2D eigenvalue weighted by atomic mass is 9.96.